The number of hydrogen-bond donors (Lipinski definition) is 2. The van der Waals surface area contributed by atoms with Crippen LogP contribution < -0.4 is 10.6 Å². The summed E-state index contributed by atoms with van der Waals surface area (Å²) in [4.78, 5) is 22.6. The van der Waals surface area contributed by atoms with Crippen LogP contribution in [0.3, 0.4) is 0 Å². The molecule has 34 heavy (non-hydrogen) atoms. The van der Waals surface area contributed by atoms with Crippen LogP contribution in [0.25, 0.3) is 5.69 Å². The molecule has 0 aliphatic carbocycles. The van der Waals surface area contributed by atoms with Crippen LogP contribution >= 0.6 is 11.8 Å². The predicted molar refractivity (Wildman–Crippen MR) is 129 cm³/mol. The summed E-state index contributed by atoms with van der Waals surface area (Å²) in [6.45, 7) is 0.907. The SMILES string of the molecule is O=C(NCCNc1ccc([N+](=O)[O-])cc1)c1ccc(CSc2nnnn2-c2ccccc2)cc1. The fourth-order valence-corrected chi connectivity index (χ4v) is 3.93. The van der Waals surface area contributed by atoms with Crippen LogP contribution in [0.15, 0.2) is 84.0 Å². The molecule has 0 bridgehead atoms. The molecule has 0 fully saturated rings. The number of nitrogens with one attached hydrogen (secondary N) is 2. The zero-order valence-electron chi connectivity index (χ0n) is 18.0. The third-order valence-corrected chi connectivity index (χ3v) is 5.83. The van der Waals surface area contributed by atoms with Gasteiger partial charge in [-0.15, -0.1) is 5.10 Å². The molecule has 10 nitrogen and oxygen atoms in total. The highest BCUT2D eigenvalue weighted by atomic mass is 32.2. The first kappa shape index (κ1) is 22.9. The first-order valence-corrected chi connectivity index (χ1v) is 11.4. The quantitative estimate of drug-likeness (QED) is 0.154. The van der Waals surface area contributed by atoms with Gasteiger partial charge in [0.2, 0.25) is 5.16 Å². The molecule has 0 radical (unpaired) electrons. The summed E-state index contributed by atoms with van der Waals surface area (Å²) in [5, 5.41) is 29.3. The molecule has 0 atom stereocenters. The molecule has 1 amide bonds. The Morgan fingerprint density at radius 2 is 1.71 bits per heavy atom. The average Bonchev–Trinajstić information content (AvgIpc) is 3.35. The van der Waals surface area contributed by atoms with E-state index >= 15 is 0 Å². The number of para-hydroxylation sites is 1. The van der Waals surface area contributed by atoms with Gasteiger partial charge < -0.3 is 10.6 Å². The van der Waals surface area contributed by atoms with Gasteiger partial charge in [-0.3, -0.25) is 14.9 Å². The normalized spacial score (nSPS) is 10.6. The van der Waals surface area contributed by atoms with Crippen molar-refractivity contribution in [3.05, 3.63) is 100 Å². The third kappa shape index (κ3) is 5.95. The van der Waals surface area contributed by atoms with Gasteiger partial charge in [0.1, 0.15) is 0 Å². The van der Waals surface area contributed by atoms with Gasteiger partial charge in [0.05, 0.1) is 10.6 Å². The van der Waals surface area contributed by atoms with Gasteiger partial charge in [-0.05, 0) is 52.4 Å². The van der Waals surface area contributed by atoms with Crippen LogP contribution in [-0.2, 0) is 5.75 Å². The Bertz CT molecular complexity index is 1250. The van der Waals surface area contributed by atoms with Gasteiger partial charge in [-0.1, -0.05) is 42.1 Å². The number of carbonyl (C=O) groups excluding carboxylic acids is 1. The minimum atomic E-state index is -0.443. The summed E-state index contributed by atoms with van der Waals surface area (Å²) >= 11 is 1.51. The number of nitro groups is 1. The van der Waals surface area contributed by atoms with Crippen LogP contribution in [0.2, 0.25) is 0 Å². The number of hydrogen-bond acceptors (Lipinski definition) is 8. The number of aromatic nitrogens is 4. The lowest BCUT2D eigenvalue weighted by atomic mass is 10.1. The zero-order chi connectivity index (χ0) is 23.8. The van der Waals surface area contributed by atoms with Gasteiger partial charge in [0.25, 0.3) is 11.6 Å². The number of nitrogens with zero attached hydrogens (tertiary/aromatic N) is 5. The molecule has 0 unspecified atom stereocenters. The van der Waals surface area contributed by atoms with Crippen molar-refractivity contribution in [1.82, 2.24) is 25.5 Å². The molecule has 11 heteroatoms. The fraction of sp³-hybridized carbons (Fsp3) is 0.130. The highest BCUT2D eigenvalue weighted by molar-refractivity contribution is 7.98. The van der Waals surface area contributed by atoms with Crippen molar-refractivity contribution >= 4 is 29.0 Å². The molecule has 4 rings (SSSR count). The lowest BCUT2D eigenvalue weighted by Crippen LogP contribution is -2.28. The van der Waals surface area contributed by atoms with E-state index in [9.17, 15) is 14.9 Å². The number of carbonyl (C=O) groups is 1. The van der Waals surface area contributed by atoms with Gasteiger partial charge in [0, 0.05) is 42.2 Å². The Balaban J connectivity index is 1.23. The first-order valence-electron chi connectivity index (χ1n) is 10.4. The van der Waals surface area contributed by atoms with Crippen molar-refractivity contribution in [2.24, 2.45) is 0 Å². The second-order valence-corrected chi connectivity index (χ2v) is 8.12. The van der Waals surface area contributed by atoms with Crippen molar-refractivity contribution in [1.29, 1.82) is 0 Å². The molecular weight excluding hydrogens is 454 g/mol. The van der Waals surface area contributed by atoms with Crippen molar-refractivity contribution in [3.63, 3.8) is 0 Å². The summed E-state index contributed by atoms with van der Waals surface area (Å²) < 4.78 is 1.69. The van der Waals surface area contributed by atoms with E-state index in [1.807, 2.05) is 42.5 Å². The van der Waals surface area contributed by atoms with E-state index in [2.05, 4.69) is 26.2 Å². The van der Waals surface area contributed by atoms with Crippen LogP contribution in [0.4, 0.5) is 11.4 Å². The second-order valence-electron chi connectivity index (χ2n) is 7.18. The Morgan fingerprint density at radius 1 is 0.971 bits per heavy atom. The van der Waals surface area contributed by atoms with E-state index in [0.717, 1.165) is 16.9 Å². The number of nitro benzene ring substituents is 1. The van der Waals surface area contributed by atoms with Crippen LogP contribution in [0.1, 0.15) is 15.9 Å². The van der Waals surface area contributed by atoms with Gasteiger partial charge in [0.15, 0.2) is 0 Å². The maximum absolute atomic E-state index is 12.4. The summed E-state index contributed by atoms with van der Waals surface area (Å²) in [6, 6.07) is 23.2. The molecule has 3 aromatic carbocycles. The lowest BCUT2D eigenvalue weighted by Gasteiger charge is -2.09. The molecule has 0 saturated carbocycles. The van der Waals surface area contributed by atoms with Gasteiger partial charge in [-0.2, -0.15) is 4.68 Å². The predicted octanol–water partition coefficient (Wildman–Crippen LogP) is 3.70. The number of anilines is 1. The van der Waals surface area contributed by atoms with E-state index in [1.165, 1.54) is 23.9 Å². The highest BCUT2D eigenvalue weighted by Crippen LogP contribution is 2.22. The summed E-state index contributed by atoms with van der Waals surface area (Å²) in [6.07, 6.45) is 0. The van der Waals surface area contributed by atoms with Gasteiger partial charge >= 0.3 is 0 Å². The maximum Gasteiger partial charge on any atom is 0.269 e. The Hall–Kier alpha value is -4.25. The summed E-state index contributed by atoms with van der Waals surface area (Å²) in [5.41, 5.74) is 3.29. The molecule has 0 aliphatic heterocycles. The van der Waals surface area contributed by atoms with E-state index in [0.29, 0.717) is 29.6 Å². The standard InChI is InChI=1S/C23H21N7O3S/c31-22(25-15-14-24-19-10-12-21(13-11-19)30(32)33)18-8-6-17(7-9-18)16-34-23-26-27-28-29(23)20-4-2-1-3-5-20/h1-13,24H,14-16H2,(H,25,31). The van der Waals surface area contributed by atoms with Crippen LogP contribution in [-0.4, -0.2) is 44.1 Å². The van der Waals surface area contributed by atoms with Crippen LogP contribution in [0.5, 0.6) is 0 Å². The van der Waals surface area contributed by atoms with Crippen molar-refractivity contribution in [3.8, 4) is 5.69 Å². The fourth-order valence-electron chi connectivity index (χ4n) is 3.09. The van der Waals surface area contributed by atoms with Gasteiger partial charge in [-0.25, -0.2) is 0 Å². The molecule has 172 valence electrons. The lowest BCUT2D eigenvalue weighted by molar-refractivity contribution is -0.384. The van der Waals surface area contributed by atoms with E-state index < -0.39 is 4.92 Å². The largest absolute Gasteiger partial charge is 0.383 e. The smallest absolute Gasteiger partial charge is 0.269 e. The number of non-ortho nitro benzene ring substituents is 1. The van der Waals surface area contributed by atoms with Crippen molar-refractivity contribution in [2.45, 2.75) is 10.9 Å². The molecule has 4 aromatic rings. The van der Waals surface area contributed by atoms with E-state index in [4.69, 9.17) is 0 Å². The first-order chi connectivity index (χ1) is 16.6. The molecule has 0 aliphatic rings. The molecule has 2 N–H and O–H groups in total. The van der Waals surface area contributed by atoms with E-state index in [-0.39, 0.29) is 11.6 Å². The maximum atomic E-state index is 12.4. The average molecular weight is 476 g/mol. The molecule has 1 aromatic heterocycles. The third-order valence-electron chi connectivity index (χ3n) is 4.84. The molecule has 1 heterocycles. The number of thioether (sulfide) groups is 1. The number of tetrazole rings is 1. The Kier molecular flexibility index (Phi) is 7.45. The number of amides is 1. The van der Waals surface area contributed by atoms with Crippen molar-refractivity contribution in [2.75, 3.05) is 18.4 Å². The zero-order valence-corrected chi connectivity index (χ0v) is 18.8. The Labute approximate surface area is 199 Å². The molecule has 0 spiro atoms. The monoisotopic (exact) mass is 475 g/mol. The summed E-state index contributed by atoms with van der Waals surface area (Å²) in [7, 11) is 0. The number of rotatable bonds is 10. The minimum absolute atomic E-state index is 0.0375. The Morgan fingerprint density at radius 3 is 2.41 bits per heavy atom. The molecular formula is C23H21N7O3S. The highest BCUT2D eigenvalue weighted by Gasteiger charge is 2.10. The summed E-state index contributed by atoms with van der Waals surface area (Å²) in [5.74, 6) is 0.492. The topological polar surface area (TPSA) is 128 Å². The van der Waals surface area contributed by atoms with Crippen LogP contribution in [0, 0.1) is 10.1 Å². The second kappa shape index (κ2) is 11.1. The number of benzene rings is 3. The molecule has 0 saturated heterocycles. The minimum Gasteiger partial charge on any atom is -0.383 e. The van der Waals surface area contributed by atoms with Crippen molar-refractivity contribution < 1.29 is 9.72 Å². The van der Waals surface area contributed by atoms with E-state index in [1.54, 1.807) is 28.9 Å².